The number of hydrogen-bond donors (Lipinski definition) is 0. The van der Waals surface area contributed by atoms with Crippen molar-refractivity contribution in [2.45, 2.75) is 271 Å². The molecule has 0 spiro atoms. The summed E-state index contributed by atoms with van der Waals surface area (Å²) in [5.41, 5.74) is 0. The van der Waals surface area contributed by atoms with Crippen LogP contribution < -0.4 is 0 Å². The Hall–Kier alpha value is -4.45. The SMILES string of the molecule is CC/C=C\C/C=C\C/C=C\C/C=C\C/C=C\C/C=C\C/C=C\CCCCCCCC(=O)OCC(COC(=O)CCCCCCCCCCCCCCC)OC(=O)CCCCCC/C=C\C/C=C\C/C=C\C/C=C\CC. The van der Waals surface area contributed by atoms with Crippen molar-refractivity contribution in [3.63, 3.8) is 0 Å². The lowest BCUT2D eigenvalue weighted by atomic mass is 10.0. The van der Waals surface area contributed by atoms with Gasteiger partial charge in [0.25, 0.3) is 0 Å². The second kappa shape index (κ2) is 62.1. The third-order valence-corrected chi connectivity index (χ3v) is 12.7. The van der Waals surface area contributed by atoms with E-state index in [0.29, 0.717) is 19.3 Å². The minimum absolute atomic E-state index is 0.0962. The van der Waals surface area contributed by atoms with E-state index in [4.69, 9.17) is 14.2 Å². The normalized spacial score (nSPS) is 13.1. The Labute approximate surface area is 462 Å². The summed E-state index contributed by atoms with van der Waals surface area (Å²) in [6.07, 6.45) is 87.3. The number of carbonyl (C=O) groups excluding carboxylic acids is 3. The lowest BCUT2D eigenvalue weighted by Crippen LogP contribution is -2.30. The average molecular weight is 1040 g/mol. The van der Waals surface area contributed by atoms with Gasteiger partial charge in [-0.15, -0.1) is 0 Å². The van der Waals surface area contributed by atoms with Gasteiger partial charge in [-0.1, -0.05) is 264 Å². The van der Waals surface area contributed by atoms with Crippen molar-refractivity contribution in [3.8, 4) is 0 Å². The van der Waals surface area contributed by atoms with Crippen LogP contribution in [0.25, 0.3) is 0 Å². The van der Waals surface area contributed by atoms with Gasteiger partial charge in [0.2, 0.25) is 0 Å². The summed E-state index contributed by atoms with van der Waals surface area (Å²) in [7, 11) is 0. The molecule has 0 N–H and O–H groups in total. The predicted molar refractivity (Wildman–Crippen MR) is 325 cm³/mol. The van der Waals surface area contributed by atoms with E-state index in [1.807, 2.05) is 0 Å². The molecule has 0 aromatic heterocycles. The maximum atomic E-state index is 12.9. The van der Waals surface area contributed by atoms with Crippen molar-refractivity contribution in [1.82, 2.24) is 0 Å². The molecule has 0 aliphatic rings. The van der Waals surface area contributed by atoms with E-state index in [0.717, 1.165) is 161 Å². The molecule has 0 saturated carbocycles. The van der Waals surface area contributed by atoms with Gasteiger partial charge >= 0.3 is 17.9 Å². The number of carbonyl (C=O) groups is 3. The van der Waals surface area contributed by atoms with Crippen molar-refractivity contribution < 1.29 is 28.6 Å². The van der Waals surface area contributed by atoms with E-state index in [9.17, 15) is 14.4 Å². The summed E-state index contributed by atoms with van der Waals surface area (Å²) in [4.78, 5) is 38.2. The zero-order valence-electron chi connectivity index (χ0n) is 48.5. The van der Waals surface area contributed by atoms with Gasteiger partial charge in [-0.05, 0) is 116 Å². The second-order valence-corrected chi connectivity index (χ2v) is 19.9. The molecule has 0 radical (unpaired) electrons. The largest absolute Gasteiger partial charge is 0.462 e. The van der Waals surface area contributed by atoms with E-state index in [-0.39, 0.29) is 31.1 Å². The Kier molecular flexibility index (Phi) is 58.4. The summed E-state index contributed by atoms with van der Waals surface area (Å²) in [5, 5.41) is 0. The maximum absolute atomic E-state index is 12.9. The van der Waals surface area contributed by atoms with Crippen molar-refractivity contribution in [2.24, 2.45) is 0 Å². The molecule has 0 aliphatic heterocycles. The molecule has 6 heteroatoms. The van der Waals surface area contributed by atoms with E-state index in [1.165, 1.54) is 64.2 Å². The number of allylic oxidation sites excluding steroid dienone is 22. The molecule has 75 heavy (non-hydrogen) atoms. The maximum Gasteiger partial charge on any atom is 0.306 e. The fraction of sp³-hybridized carbons (Fsp3) is 0.638. The molecule has 0 rings (SSSR count). The van der Waals surface area contributed by atoms with Crippen LogP contribution in [0.5, 0.6) is 0 Å². The van der Waals surface area contributed by atoms with Crippen molar-refractivity contribution >= 4 is 17.9 Å². The molecular formula is C69H112O6. The fourth-order valence-electron chi connectivity index (χ4n) is 8.12. The Balaban J connectivity index is 4.42. The highest BCUT2D eigenvalue weighted by Crippen LogP contribution is 2.15. The first kappa shape index (κ1) is 70.5. The number of esters is 3. The molecule has 0 fully saturated rings. The Morgan fingerprint density at radius 2 is 0.520 bits per heavy atom. The van der Waals surface area contributed by atoms with Crippen LogP contribution in [0, 0.1) is 0 Å². The summed E-state index contributed by atoms with van der Waals surface area (Å²) < 4.78 is 16.9. The topological polar surface area (TPSA) is 78.9 Å². The molecule has 424 valence electrons. The quantitative estimate of drug-likeness (QED) is 0.0261. The molecule has 0 aromatic rings. The predicted octanol–water partition coefficient (Wildman–Crippen LogP) is 21.0. The molecule has 0 aliphatic carbocycles. The summed E-state index contributed by atoms with van der Waals surface area (Å²) >= 11 is 0. The first-order valence-corrected chi connectivity index (χ1v) is 30.7. The highest BCUT2D eigenvalue weighted by molar-refractivity contribution is 5.71. The van der Waals surface area contributed by atoms with Gasteiger partial charge in [0.15, 0.2) is 6.10 Å². The first-order chi connectivity index (χ1) is 37.0. The third-order valence-electron chi connectivity index (χ3n) is 12.7. The van der Waals surface area contributed by atoms with Gasteiger partial charge in [-0.3, -0.25) is 14.4 Å². The van der Waals surface area contributed by atoms with Crippen molar-refractivity contribution in [3.05, 3.63) is 134 Å². The van der Waals surface area contributed by atoms with Gasteiger partial charge in [-0.25, -0.2) is 0 Å². The molecule has 6 nitrogen and oxygen atoms in total. The van der Waals surface area contributed by atoms with Crippen LogP contribution in [0.3, 0.4) is 0 Å². The Bertz CT molecular complexity index is 1620. The number of unbranched alkanes of at least 4 members (excludes halogenated alkanes) is 21. The second-order valence-electron chi connectivity index (χ2n) is 19.9. The lowest BCUT2D eigenvalue weighted by Gasteiger charge is -2.18. The molecule has 0 bridgehead atoms. The average Bonchev–Trinajstić information content (AvgIpc) is 3.41. The zero-order valence-corrected chi connectivity index (χ0v) is 48.5. The minimum atomic E-state index is -0.803. The number of rotatable bonds is 54. The van der Waals surface area contributed by atoms with E-state index < -0.39 is 6.10 Å². The van der Waals surface area contributed by atoms with Crippen LogP contribution in [0.15, 0.2) is 134 Å². The van der Waals surface area contributed by atoms with E-state index in [1.54, 1.807) is 0 Å². The molecule has 0 heterocycles. The highest BCUT2D eigenvalue weighted by Gasteiger charge is 2.19. The van der Waals surface area contributed by atoms with Crippen LogP contribution in [0.4, 0.5) is 0 Å². The van der Waals surface area contributed by atoms with Gasteiger partial charge in [0.05, 0.1) is 0 Å². The monoisotopic (exact) mass is 1040 g/mol. The summed E-state index contributed by atoms with van der Waals surface area (Å²) in [5.74, 6) is -0.940. The van der Waals surface area contributed by atoms with Gasteiger partial charge < -0.3 is 14.2 Å². The van der Waals surface area contributed by atoms with Crippen LogP contribution in [-0.4, -0.2) is 37.2 Å². The lowest BCUT2D eigenvalue weighted by molar-refractivity contribution is -0.167. The van der Waals surface area contributed by atoms with Gasteiger partial charge in [0, 0.05) is 19.3 Å². The van der Waals surface area contributed by atoms with Crippen molar-refractivity contribution in [2.75, 3.05) is 13.2 Å². The van der Waals surface area contributed by atoms with Gasteiger partial charge in [-0.2, -0.15) is 0 Å². The van der Waals surface area contributed by atoms with Crippen LogP contribution in [0.2, 0.25) is 0 Å². The van der Waals surface area contributed by atoms with Crippen molar-refractivity contribution in [1.29, 1.82) is 0 Å². The summed E-state index contributed by atoms with van der Waals surface area (Å²) in [6.45, 7) is 6.38. The summed E-state index contributed by atoms with van der Waals surface area (Å²) in [6, 6.07) is 0. The van der Waals surface area contributed by atoms with Gasteiger partial charge in [0.1, 0.15) is 13.2 Å². The van der Waals surface area contributed by atoms with Crippen LogP contribution >= 0.6 is 0 Å². The van der Waals surface area contributed by atoms with Crippen LogP contribution in [0.1, 0.15) is 265 Å². The Morgan fingerprint density at radius 3 is 0.813 bits per heavy atom. The number of hydrogen-bond acceptors (Lipinski definition) is 6. The fourth-order valence-corrected chi connectivity index (χ4v) is 8.12. The van der Waals surface area contributed by atoms with Crippen LogP contribution in [-0.2, 0) is 28.6 Å². The highest BCUT2D eigenvalue weighted by atomic mass is 16.6. The molecule has 0 amide bonds. The van der Waals surface area contributed by atoms with E-state index in [2.05, 4.69) is 154 Å². The first-order valence-electron chi connectivity index (χ1n) is 30.7. The standard InChI is InChI=1S/C69H112O6/c1-4-7-10-13-16-19-22-25-27-29-30-31-32-33-34-35-36-37-38-40-41-44-47-50-53-56-59-62-68(71)74-65-66(64-73-67(70)61-58-55-52-49-46-43-24-21-18-15-12-9-6-3)75-69(72)63-60-57-54-51-48-45-42-39-28-26-23-20-17-14-11-8-5-2/h7-8,10-11,16-17,19-20,25-28,30-31,33-34,36-37,40-42,45,66H,4-6,9,12-15,18,21-24,29,32,35,38-39,43-44,46-65H2,1-3H3/b10-7-,11-8-,19-16-,20-17-,27-25-,28-26-,31-30-,34-33-,37-36-,41-40-,45-42-. The Morgan fingerprint density at radius 1 is 0.280 bits per heavy atom. The molecule has 0 saturated heterocycles. The smallest absolute Gasteiger partial charge is 0.306 e. The van der Waals surface area contributed by atoms with E-state index >= 15 is 0 Å². The minimum Gasteiger partial charge on any atom is -0.462 e. The molecule has 0 aromatic carbocycles. The number of ether oxygens (including phenoxy) is 3. The third kappa shape index (κ3) is 60.3. The zero-order chi connectivity index (χ0) is 54.3. The molecular weight excluding hydrogens is 925 g/mol. The molecule has 1 atom stereocenters. The molecule has 1 unspecified atom stereocenters.